The third kappa shape index (κ3) is 5.20. The van der Waals surface area contributed by atoms with Gasteiger partial charge in [0.15, 0.2) is 0 Å². The lowest BCUT2D eigenvalue weighted by Crippen LogP contribution is -2.47. The molecule has 2 aromatic rings. The summed E-state index contributed by atoms with van der Waals surface area (Å²) in [7, 11) is 0. The van der Waals surface area contributed by atoms with Gasteiger partial charge < -0.3 is 15.5 Å². The number of urea groups is 1. The van der Waals surface area contributed by atoms with Gasteiger partial charge in [-0.3, -0.25) is 4.79 Å². The van der Waals surface area contributed by atoms with Crippen LogP contribution in [-0.2, 0) is 11.2 Å². The minimum Gasteiger partial charge on any atom is -0.354 e. The van der Waals surface area contributed by atoms with Gasteiger partial charge in [0.2, 0.25) is 5.91 Å². The summed E-state index contributed by atoms with van der Waals surface area (Å²) in [5.74, 6) is -0.525. The van der Waals surface area contributed by atoms with Gasteiger partial charge in [-0.2, -0.15) is 0 Å². The first-order chi connectivity index (χ1) is 13.0. The second kappa shape index (κ2) is 8.86. The van der Waals surface area contributed by atoms with Crippen LogP contribution in [0.25, 0.3) is 0 Å². The van der Waals surface area contributed by atoms with Crippen molar-refractivity contribution < 1.29 is 14.0 Å². The zero-order valence-corrected chi connectivity index (χ0v) is 15.5. The Morgan fingerprint density at radius 3 is 2.52 bits per heavy atom. The van der Waals surface area contributed by atoms with Crippen molar-refractivity contribution in [2.24, 2.45) is 0 Å². The lowest BCUT2D eigenvalue weighted by atomic mass is 10.1. The number of nitrogens with one attached hydrogen (secondary N) is 2. The molecule has 0 aliphatic carbocycles. The number of rotatable bonds is 5. The highest BCUT2D eigenvalue weighted by Gasteiger charge is 2.33. The van der Waals surface area contributed by atoms with Gasteiger partial charge in [-0.15, -0.1) is 0 Å². The molecule has 3 rings (SSSR count). The Labute approximate surface area is 162 Å². The number of nitrogens with zero attached hydrogens (tertiary/aromatic N) is 1. The Bertz CT molecular complexity index is 796. The van der Waals surface area contributed by atoms with Crippen LogP contribution >= 0.6 is 11.6 Å². The minimum absolute atomic E-state index is 0.157. The molecule has 142 valence electrons. The molecule has 2 N–H and O–H groups in total. The number of likely N-dealkylation sites (tertiary alicyclic amines) is 1. The first-order valence-electron chi connectivity index (χ1n) is 8.88. The first-order valence-corrected chi connectivity index (χ1v) is 9.26. The molecule has 1 aliphatic heterocycles. The Hall–Kier alpha value is -2.60. The number of carbonyl (C=O) groups excluding carboxylic acids is 2. The van der Waals surface area contributed by atoms with Crippen LogP contribution in [0.4, 0.5) is 14.9 Å². The maximum Gasteiger partial charge on any atom is 0.322 e. The van der Waals surface area contributed by atoms with Crippen LogP contribution in [0.1, 0.15) is 18.4 Å². The van der Waals surface area contributed by atoms with E-state index in [1.807, 2.05) is 24.3 Å². The highest BCUT2D eigenvalue weighted by atomic mass is 35.5. The smallest absolute Gasteiger partial charge is 0.322 e. The van der Waals surface area contributed by atoms with E-state index in [0.29, 0.717) is 36.6 Å². The van der Waals surface area contributed by atoms with E-state index in [-0.39, 0.29) is 17.8 Å². The van der Waals surface area contributed by atoms with E-state index in [1.165, 1.54) is 29.2 Å². The average molecular weight is 390 g/mol. The summed E-state index contributed by atoms with van der Waals surface area (Å²) in [6.45, 7) is 1.01. The molecule has 1 heterocycles. The van der Waals surface area contributed by atoms with Crippen LogP contribution in [0.5, 0.6) is 0 Å². The number of benzene rings is 2. The SMILES string of the molecule is O=C(NCCc1ccc(Cl)cc1)[C@@H]1CCCN1C(=O)Nc1ccc(F)cc1. The van der Waals surface area contributed by atoms with Crippen LogP contribution in [0.3, 0.4) is 0 Å². The molecule has 0 aromatic heterocycles. The Kier molecular flexibility index (Phi) is 6.29. The van der Waals surface area contributed by atoms with Gasteiger partial charge in [0.1, 0.15) is 11.9 Å². The molecule has 3 amide bonds. The van der Waals surface area contributed by atoms with Crippen molar-refractivity contribution in [3.05, 3.63) is 64.9 Å². The fourth-order valence-corrected chi connectivity index (χ4v) is 3.24. The van der Waals surface area contributed by atoms with Crippen molar-refractivity contribution in [2.45, 2.75) is 25.3 Å². The first kappa shape index (κ1) is 19.2. The maximum absolute atomic E-state index is 13.0. The second-order valence-corrected chi connectivity index (χ2v) is 6.89. The van der Waals surface area contributed by atoms with Crippen LogP contribution in [0.15, 0.2) is 48.5 Å². The quantitative estimate of drug-likeness (QED) is 0.816. The standard InChI is InChI=1S/C20H21ClFN3O2/c21-15-5-3-14(4-6-15)11-12-23-19(26)18-2-1-13-25(18)20(27)24-17-9-7-16(22)8-10-17/h3-10,18H,1-2,11-13H2,(H,23,26)(H,24,27)/t18-/m0/s1. The van der Waals surface area contributed by atoms with E-state index in [9.17, 15) is 14.0 Å². The van der Waals surface area contributed by atoms with Crippen molar-refractivity contribution in [1.29, 1.82) is 0 Å². The zero-order chi connectivity index (χ0) is 19.2. The number of halogens is 2. The molecule has 2 aromatic carbocycles. The monoisotopic (exact) mass is 389 g/mol. The molecular weight excluding hydrogens is 369 g/mol. The molecule has 27 heavy (non-hydrogen) atoms. The lowest BCUT2D eigenvalue weighted by molar-refractivity contribution is -0.124. The molecule has 0 unspecified atom stereocenters. The van der Waals surface area contributed by atoms with Crippen LogP contribution in [-0.4, -0.2) is 36.0 Å². The van der Waals surface area contributed by atoms with Gasteiger partial charge in [-0.05, 0) is 61.2 Å². The summed E-state index contributed by atoms with van der Waals surface area (Å²) in [6.07, 6.45) is 2.09. The fourth-order valence-electron chi connectivity index (χ4n) is 3.11. The number of amides is 3. The van der Waals surface area contributed by atoms with Crippen molar-refractivity contribution in [1.82, 2.24) is 10.2 Å². The second-order valence-electron chi connectivity index (χ2n) is 6.46. The largest absolute Gasteiger partial charge is 0.354 e. The van der Waals surface area contributed by atoms with Crippen LogP contribution in [0, 0.1) is 5.82 Å². The Morgan fingerprint density at radius 1 is 1.11 bits per heavy atom. The highest BCUT2D eigenvalue weighted by molar-refractivity contribution is 6.30. The van der Waals surface area contributed by atoms with Gasteiger partial charge in [-0.1, -0.05) is 23.7 Å². The number of hydrogen-bond donors (Lipinski definition) is 2. The summed E-state index contributed by atoms with van der Waals surface area (Å²) >= 11 is 5.86. The van der Waals surface area contributed by atoms with Gasteiger partial charge >= 0.3 is 6.03 Å². The molecule has 0 bridgehead atoms. The zero-order valence-electron chi connectivity index (χ0n) is 14.8. The van der Waals surface area contributed by atoms with E-state index in [2.05, 4.69) is 10.6 Å². The summed E-state index contributed by atoms with van der Waals surface area (Å²) < 4.78 is 13.0. The summed E-state index contributed by atoms with van der Waals surface area (Å²) in [4.78, 5) is 26.5. The van der Waals surface area contributed by atoms with Crippen LogP contribution in [0.2, 0.25) is 5.02 Å². The molecular formula is C20H21ClFN3O2. The molecule has 0 saturated carbocycles. The molecule has 1 aliphatic rings. The predicted octanol–water partition coefficient (Wildman–Crippen LogP) is 3.83. The van der Waals surface area contributed by atoms with Crippen molar-refractivity contribution in [3.63, 3.8) is 0 Å². The third-order valence-electron chi connectivity index (χ3n) is 4.54. The van der Waals surface area contributed by atoms with Crippen molar-refractivity contribution in [3.8, 4) is 0 Å². The number of anilines is 1. The van der Waals surface area contributed by atoms with E-state index in [1.54, 1.807) is 0 Å². The topological polar surface area (TPSA) is 61.4 Å². The minimum atomic E-state index is -0.490. The van der Waals surface area contributed by atoms with Gasteiger partial charge in [0.25, 0.3) is 0 Å². The summed E-state index contributed by atoms with van der Waals surface area (Å²) in [6, 6.07) is 12.2. The van der Waals surface area contributed by atoms with E-state index >= 15 is 0 Å². The molecule has 0 spiro atoms. The summed E-state index contributed by atoms with van der Waals surface area (Å²) in [5.41, 5.74) is 1.58. The maximum atomic E-state index is 13.0. The molecule has 7 heteroatoms. The van der Waals surface area contributed by atoms with Crippen LogP contribution < -0.4 is 10.6 Å². The predicted molar refractivity (Wildman–Crippen MR) is 103 cm³/mol. The lowest BCUT2D eigenvalue weighted by Gasteiger charge is -2.24. The molecule has 1 fully saturated rings. The average Bonchev–Trinajstić information content (AvgIpc) is 3.15. The number of carbonyl (C=O) groups is 2. The Morgan fingerprint density at radius 2 is 1.81 bits per heavy atom. The third-order valence-corrected chi connectivity index (χ3v) is 4.79. The van der Waals surface area contributed by atoms with Gasteiger partial charge in [-0.25, -0.2) is 9.18 Å². The number of hydrogen-bond acceptors (Lipinski definition) is 2. The fraction of sp³-hybridized carbons (Fsp3) is 0.300. The van der Waals surface area contributed by atoms with E-state index in [4.69, 9.17) is 11.6 Å². The summed E-state index contributed by atoms with van der Waals surface area (Å²) in [5, 5.41) is 6.29. The van der Waals surface area contributed by atoms with Crippen molar-refractivity contribution in [2.75, 3.05) is 18.4 Å². The molecule has 1 atom stereocenters. The van der Waals surface area contributed by atoms with E-state index < -0.39 is 6.04 Å². The molecule has 1 saturated heterocycles. The Balaban J connectivity index is 1.51. The highest BCUT2D eigenvalue weighted by Crippen LogP contribution is 2.19. The normalized spacial score (nSPS) is 16.2. The van der Waals surface area contributed by atoms with Gasteiger partial charge in [0, 0.05) is 23.8 Å². The molecule has 0 radical (unpaired) electrons. The van der Waals surface area contributed by atoms with E-state index in [0.717, 1.165) is 12.0 Å². The molecule has 5 nitrogen and oxygen atoms in total. The van der Waals surface area contributed by atoms with Crippen molar-refractivity contribution >= 4 is 29.2 Å². The van der Waals surface area contributed by atoms with Gasteiger partial charge in [0.05, 0.1) is 0 Å².